The van der Waals surface area contributed by atoms with Crippen LogP contribution in [0.2, 0.25) is 0 Å². The van der Waals surface area contributed by atoms with Gasteiger partial charge in [0.25, 0.3) is 0 Å². The van der Waals surface area contributed by atoms with Gasteiger partial charge in [-0.3, -0.25) is 9.59 Å². The molecule has 1 unspecified atom stereocenters. The summed E-state index contributed by atoms with van der Waals surface area (Å²) in [6.45, 7) is 2.07. The van der Waals surface area contributed by atoms with Gasteiger partial charge in [-0.25, -0.2) is 0 Å². The van der Waals surface area contributed by atoms with Gasteiger partial charge >= 0.3 is 0 Å². The van der Waals surface area contributed by atoms with E-state index in [4.69, 9.17) is 10.2 Å². The average molecular weight is 376 g/mol. The van der Waals surface area contributed by atoms with Crippen LogP contribution >= 0.6 is 0 Å². The molecule has 0 bridgehead atoms. The van der Waals surface area contributed by atoms with Crippen molar-refractivity contribution >= 4 is 23.5 Å². The first-order valence-electron chi connectivity index (χ1n) is 8.88. The van der Waals surface area contributed by atoms with Crippen LogP contribution in [0.25, 0.3) is 0 Å². The first kappa shape index (κ1) is 26.4. The SMILES string of the molecule is CC(=O)C(=O)[O-].CC(O)C(=O)[O-].O=C1CCCCC1.OC1CCCCC1.[HH]. The van der Waals surface area contributed by atoms with E-state index in [1.54, 1.807) is 0 Å². The number of aliphatic carboxylic acids is 2. The zero-order chi connectivity index (χ0) is 20.5. The highest BCUT2D eigenvalue weighted by molar-refractivity contribution is 6.30. The molecule has 2 aliphatic carbocycles. The lowest BCUT2D eigenvalue weighted by Crippen LogP contribution is -2.32. The molecule has 8 heteroatoms. The predicted octanol–water partition coefficient (Wildman–Crippen LogP) is -0.481. The molecule has 0 aromatic rings. The van der Waals surface area contributed by atoms with Gasteiger partial charge in [0.05, 0.1) is 18.2 Å². The number of hydrogen-bond donors (Lipinski definition) is 2. The van der Waals surface area contributed by atoms with Gasteiger partial charge in [0.2, 0.25) is 0 Å². The van der Waals surface area contributed by atoms with Crippen molar-refractivity contribution in [3.8, 4) is 0 Å². The van der Waals surface area contributed by atoms with Gasteiger partial charge in [-0.2, -0.15) is 0 Å². The maximum atomic E-state index is 10.5. The van der Waals surface area contributed by atoms with E-state index in [-0.39, 0.29) is 7.53 Å². The Morgan fingerprint density at radius 1 is 1.00 bits per heavy atom. The quantitative estimate of drug-likeness (QED) is 0.612. The Morgan fingerprint density at radius 2 is 1.35 bits per heavy atom. The van der Waals surface area contributed by atoms with E-state index in [1.165, 1.54) is 25.7 Å². The molecule has 2 aliphatic rings. The van der Waals surface area contributed by atoms with E-state index in [2.05, 4.69) is 0 Å². The number of Topliss-reactive ketones (excluding diaryl/α,β-unsaturated/α-hetero) is 2. The molecule has 0 aliphatic heterocycles. The van der Waals surface area contributed by atoms with E-state index in [0.717, 1.165) is 52.4 Å². The van der Waals surface area contributed by atoms with Gasteiger partial charge in [-0.1, -0.05) is 25.7 Å². The van der Waals surface area contributed by atoms with Crippen molar-refractivity contribution in [2.75, 3.05) is 0 Å². The highest BCUT2D eigenvalue weighted by Crippen LogP contribution is 2.16. The Balaban J connectivity index is -0.000000282. The molecule has 1 atom stereocenters. The second-order valence-corrected chi connectivity index (χ2v) is 6.23. The number of aliphatic hydroxyl groups excluding tert-OH is 2. The highest BCUT2D eigenvalue weighted by Gasteiger charge is 2.07. The summed E-state index contributed by atoms with van der Waals surface area (Å²) in [6, 6.07) is 0. The minimum Gasteiger partial charge on any atom is -0.547 e. The third kappa shape index (κ3) is 20.2. The van der Waals surface area contributed by atoms with E-state index >= 15 is 0 Å². The zero-order valence-electron chi connectivity index (χ0n) is 15.6. The Hall–Kier alpha value is -1.80. The Bertz CT molecular complexity index is 411. The number of ketones is 2. The molecule has 0 aromatic carbocycles. The fourth-order valence-corrected chi connectivity index (χ4v) is 2.03. The van der Waals surface area contributed by atoms with E-state index in [1.807, 2.05) is 0 Å². The number of aliphatic hydroxyl groups is 2. The second kappa shape index (κ2) is 16.7. The number of carbonyl (C=O) groups is 4. The summed E-state index contributed by atoms with van der Waals surface area (Å²) in [5.41, 5.74) is 0. The molecule has 0 amide bonds. The van der Waals surface area contributed by atoms with Crippen LogP contribution in [0.3, 0.4) is 0 Å². The van der Waals surface area contributed by atoms with Crippen molar-refractivity contribution in [3.63, 3.8) is 0 Å². The van der Waals surface area contributed by atoms with Crippen molar-refractivity contribution in [1.29, 1.82) is 0 Å². The van der Waals surface area contributed by atoms with Gasteiger partial charge < -0.3 is 30.0 Å². The number of rotatable bonds is 2. The molecule has 0 radical (unpaired) electrons. The topological polar surface area (TPSA) is 155 Å². The maximum Gasteiger partial charge on any atom is 0.175 e. The van der Waals surface area contributed by atoms with Gasteiger partial charge in [0.1, 0.15) is 11.8 Å². The molecular formula is C18H32O8-2. The maximum absolute atomic E-state index is 10.5. The van der Waals surface area contributed by atoms with E-state index in [9.17, 15) is 29.4 Å². The summed E-state index contributed by atoms with van der Waals surface area (Å²) in [4.78, 5) is 38.5. The summed E-state index contributed by atoms with van der Waals surface area (Å²) in [6.07, 6.45) is 9.82. The second-order valence-electron chi connectivity index (χ2n) is 6.23. The van der Waals surface area contributed by atoms with E-state index < -0.39 is 23.8 Å². The third-order valence-corrected chi connectivity index (χ3v) is 3.61. The first-order valence-corrected chi connectivity index (χ1v) is 8.88. The summed E-state index contributed by atoms with van der Waals surface area (Å²) < 4.78 is 0. The van der Waals surface area contributed by atoms with Crippen LogP contribution in [0.5, 0.6) is 0 Å². The Morgan fingerprint density at radius 3 is 1.50 bits per heavy atom. The van der Waals surface area contributed by atoms with Gasteiger partial charge in [0, 0.05) is 21.2 Å². The molecule has 2 rings (SSSR count). The minimum atomic E-state index is -1.63. The molecule has 0 aromatic heterocycles. The average Bonchev–Trinajstić information content (AvgIpc) is 2.58. The lowest BCUT2D eigenvalue weighted by molar-refractivity contribution is -0.314. The number of carbonyl (C=O) groups excluding carboxylic acids is 4. The van der Waals surface area contributed by atoms with E-state index in [0.29, 0.717) is 5.78 Å². The van der Waals surface area contributed by atoms with Crippen molar-refractivity contribution in [2.24, 2.45) is 0 Å². The zero-order valence-corrected chi connectivity index (χ0v) is 15.6. The largest absolute Gasteiger partial charge is 0.547 e. The molecule has 2 fully saturated rings. The normalized spacial score (nSPS) is 17.8. The summed E-state index contributed by atoms with van der Waals surface area (Å²) in [5.74, 6) is -3.54. The van der Waals surface area contributed by atoms with Crippen LogP contribution in [-0.4, -0.2) is 45.9 Å². The first-order chi connectivity index (χ1) is 12.1. The van der Waals surface area contributed by atoms with Crippen molar-refractivity contribution < 1.29 is 41.0 Å². The van der Waals surface area contributed by atoms with Crippen LogP contribution in [0, 0.1) is 0 Å². The molecule has 26 heavy (non-hydrogen) atoms. The van der Waals surface area contributed by atoms with Gasteiger partial charge in [-0.15, -0.1) is 0 Å². The number of carboxylic acid groups (broad SMARTS) is 2. The molecule has 2 saturated carbocycles. The highest BCUT2D eigenvalue weighted by atomic mass is 16.4. The number of hydrogen-bond acceptors (Lipinski definition) is 8. The molecule has 154 valence electrons. The molecule has 0 heterocycles. The molecule has 0 saturated heterocycles. The summed E-state index contributed by atoms with van der Waals surface area (Å²) in [5, 5.41) is 35.5. The van der Waals surface area contributed by atoms with Crippen LogP contribution in [-0.2, 0) is 19.2 Å². The Kier molecular flexibility index (Phi) is 16.9. The number of carboxylic acids is 2. The fourth-order valence-electron chi connectivity index (χ4n) is 2.03. The monoisotopic (exact) mass is 376 g/mol. The van der Waals surface area contributed by atoms with Crippen molar-refractivity contribution in [2.45, 2.75) is 90.3 Å². The Labute approximate surface area is 155 Å². The van der Waals surface area contributed by atoms with Crippen LogP contribution in [0.1, 0.15) is 79.5 Å². The molecule has 2 N–H and O–H groups in total. The van der Waals surface area contributed by atoms with Crippen LogP contribution < -0.4 is 10.2 Å². The molecular weight excluding hydrogens is 344 g/mol. The minimum absolute atomic E-state index is 0. The summed E-state index contributed by atoms with van der Waals surface area (Å²) >= 11 is 0. The lowest BCUT2D eigenvalue weighted by Gasteiger charge is -2.14. The lowest BCUT2D eigenvalue weighted by atomic mass is 9.98. The smallest absolute Gasteiger partial charge is 0.175 e. The van der Waals surface area contributed by atoms with Crippen molar-refractivity contribution in [3.05, 3.63) is 0 Å². The summed E-state index contributed by atoms with van der Waals surface area (Å²) in [7, 11) is 0. The molecule has 0 spiro atoms. The van der Waals surface area contributed by atoms with Crippen molar-refractivity contribution in [1.82, 2.24) is 0 Å². The third-order valence-electron chi connectivity index (χ3n) is 3.61. The fraction of sp³-hybridized carbons (Fsp3) is 0.778. The van der Waals surface area contributed by atoms with Gasteiger partial charge in [-0.05, 0) is 32.6 Å². The van der Waals surface area contributed by atoms with Gasteiger partial charge in [0.15, 0.2) is 5.78 Å². The standard InChI is InChI=1S/C6H12O.C6H10O.C3H6O3.C3H4O3.H2/c2*7-6-4-2-1-3-5-6;2*1-2(4)3(5)6;/h6-7H,1-5H2;1-5H2;2,4H,1H3,(H,5,6);1H3,(H,5,6);1H/p-2. The van der Waals surface area contributed by atoms with Crippen LogP contribution in [0.15, 0.2) is 0 Å². The predicted molar refractivity (Wildman–Crippen MR) is 91.7 cm³/mol. The van der Waals surface area contributed by atoms with Crippen LogP contribution in [0.4, 0.5) is 0 Å². The molecule has 8 nitrogen and oxygen atoms in total.